The van der Waals surface area contributed by atoms with Crippen molar-refractivity contribution in [3.05, 3.63) is 174 Å². The van der Waals surface area contributed by atoms with E-state index in [-0.39, 0.29) is 26.0 Å². The summed E-state index contributed by atoms with van der Waals surface area (Å²) in [5.74, 6) is 7.34. The van der Waals surface area contributed by atoms with Gasteiger partial charge < -0.3 is 4.42 Å². The molecule has 1 unspecified atom stereocenters. The topological polar surface area (TPSA) is 38.4 Å². The third kappa shape index (κ3) is 7.71. The predicted octanol–water partition coefficient (Wildman–Crippen LogP) is 13.7. The van der Waals surface area contributed by atoms with Crippen molar-refractivity contribution < 1.29 is 24.5 Å². The van der Waals surface area contributed by atoms with Crippen molar-refractivity contribution in [2.24, 2.45) is 10.4 Å². The van der Waals surface area contributed by atoms with E-state index < -0.39 is 13.3 Å². The molecule has 57 heavy (non-hydrogen) atoms. The standard InChI is InChI=1S/C32H18NOS.C19H26GeN.Ir/c1-4-13-26-23(10-1)30(19-16-17-29-25(18-19)21-9-3-6-15-28(21)35-29)31(33-26)24-12-7-11-22-20-8-2-5-14-27(20)34-32(22)24;1-19(2,3)13-16-12-18(15-10-8-7-9-11-15)21-14-17(16)20(4,5)6;/h1-11,13-18,30H;7-10,12,14H,13H2,1-6H3;/q2*-1;. The predicted molar refractivity (Wildman–Crippen MR) is 241 cm³/mol. The van der Waals surface area contributed by atoms with Gasteiger partial charge in [-0.15, -0.1) is 29.5 Å². The van der Waals surface area contributed by atoms with Gasteiger partial charge in [0.05, 0.1) is 11.3 Å². The molecule has 1 radical (unpaired) electrons. The molecule has 4 heterocycles. The van der Waals surface area contributed by atoms with Crippen molar-refractivity contribution in [1.29, 1.82) is 0 Å². The number of para-hydroxylation sites is 2. The zero-order chi connectivity index (χ0) is 38.6. The van der Waals surface area contributed by atoms with E-state index in [0.717, 1.165) is 56.6 Å². The van der Waals surface area contributed by atoms with E-state index >= 15 is 0 Å². The van der Waals surface area contributed by atoms with Crippen molar-refractivity contribution in [3.63, 3.8) is 0 Å². The molecule has 0 aliphatic carbocycles. The maximum Gasteiger partial charge on any atom is 0.120 e. The summed E-state index contributed by atoms with van der Waals surface area (Å²) in [6.07, 6.45) is 3.24. The summed E-state index contributed by atoms with van der Waals surface area (Å²) in [4.78, 5) is 9.88. The molecule has 0 fully saturated rings. The molecular weight excluding hydrogens is 953 g/mol. The first-order valence-electron chi connectivity index (χ1n) is 19.4. The summed E-state index contributed by atoms with van der Waals surface area (Å²) in [5, 5.41) is 4.84. The molecule has 0 bridgehead atoms. The van der Waals surface area contributed by atoms with Crippen LogP contribution in [0.2, 0.25) is 17.3 Å². The van der Waals surface area contributed by atoms with Crippen LogP contribution in [-0.2, 0) is 26.5 Å². The smallest absolute Gasteiger partial charge is 0.120 e. The van der Waals surface area contributed by atoms with Crippen LogP contribution in [0.1, 0.15) is 48.9 Å². The molecule has 0 spiro atoms. The molecule has 285 valence electrons. The zero-order valence-corrected chi connectivity index (χ0v) is 38.4. The van der Waals surface area contributed by atoms with Gasteiger partial charge in [-0.25, -0.2) is 0 Å². The van der Waals surface area contributed by atoms with Gasteiger partial charge in [-0.05, 0) is 47.2 Å². The van der Waals surface area contributed by atoms with Crippen molar-refractivity contribution >= 4 is 82.5 Å². The summed E-state index contributed by atoms with van der Waals surface area (Å²) in [6.45, 7) is 6.92. The Labute approximate surface area is 355 Å². The second kappa shape index (κ2) is 15.6. The second-order valence-electron chi connectivity index (χ2n) is 17.0. The van der Waals surface area contributed by atoms with Crippen LogP contribution in [0.3, 0.4) is 0 Å². The first kappa shape index (κ1) is 39.2. The Bertz CT molecular complexity index is 2930. The van der Waals surface area contributed by atoms with Gasteiger partial charge in [-0.1, -0.05) is 71.6 Å². The average Bonchev–Trinajstić information content (AvgIpc) is 3.88. The quantitative estimate of drug-likeness (QED) is 0.127. The van der Waals surface area contributed by atoms with Gasteiger partial charge in [-0.3, -0.25) is 4.99 Å². The molecule has 3 nitrogen and oxygen atoms in total. The molecule has 0 amide bonds. The molecular formula is C51H44GeIrN2OS-2. The van der Waals surface area contributed by atoms with Crippen LogP contribution in [0, 0.1) is 17.5 Å². The van der Waals surface area contributed by atoms with Crippen LogP contribution >= 0.6 is 11.3 Å². The Morgan fingerprint density at radius 2 is 1.46 bits per heavy atom. The first-order valence-corrected chi connectivity index (χ1v) is 27.6. The molecule has 6 aromatic carbocycles. The van der Waals surface area contributed by atoms with Crippen LogP contribution in [-0.4, -0.2) is 24.0 Å². The maximum absolute atomic E-state index is 6.38. The van der Waals surface area contributed by atoms with Crippen LogP contribution < -0.4 is 4.40 Å². The van der Waals surface area contributed by atoms with Gasteiger partial charge in [0.15, 0.2) is 0 Å². The van der Waals surface area contributed by atoms with E-state index in [2.05, 4.69) is 153 Å². The summed E-state index contributed by atoms with van der Waals surface area (Å²) < 4.78 is 10.5. The van der Waals surface area contributed by atoms with E-state index in [1.165, 1.54) is 41.3 Å². The third-order valence-electron chi connectivity index (χ3n) is 10.6. The van der Waals surface area contributed by atoms with E-state index in [4.69, 9.17) is 14.4 Å². The molecule has 1 aliphatic rings. The van der Waals surface area contributed by atoms with Crippen molar-refractivity contribution in [1.82, 2.24) is 4.98 Å². The minimum Gasteiger partial charge on any atom is -0.501 e. The number of rotatable bonds is 5. The summed E-state index contributed by atoms with van der Waals surface area (Å²) in [5.41, 5.74) is 11.1. The molecule has 1 aliphatic heterocycles. The Balaban J connectivity index is 0.000000179. The van der Waals surface area contributed by atoms with Gasteiger partial charge >= 0.3 is 132 Å². The number of fused-ring (bicyclic) bond motifs is 7. The monoisotopic (exact) mass is 999 g/mol. The Kier molecular flexibility index (Phi) is 10.7. The van der Waals surface area contributed by atoms with E-state index in [1.807, 2.05) is 47.7 Å². The summed E-state index contributed by atoms with van der Waals surface area (Å²) >= 11 is -0.0478. The Hall–Kier alpha value is -4.65. The Morgan fingerprint density at radius 1 is 0.719 bits per heavy atom. The van der Waals surface area contributed by atoms with Gasteiger partial charge in [0, 0.05) is 51.6 Å². The van der Waals surface area contributed by atoms with Crippen LogP contribution in [0.25, 0.3) is 53.4 Å². The SMILES string of the molecule is CC(C)(C)Cc1cc(-c2[c-]cccc2)nc[c]1[Ge]([CH3])([CH3])[CH3].[Ir].[c-]1ccc2c(oc3ccccc32)c1C1=Nc2ccccc2C1c1ccc2sc3ccccc3c2c1. The fourth-order valence-corrected chi connectivity index (χ4v) is 12.5. The second-order valence-corrected chi connectivity index (χ2v) is 28.7. The number of hydrogen-bond donors (Lipinski definition) is 0. The fraction of sp³-hybridized carbons (Fsp3) is 0.176. The first-order chi connectivity index (χ1) is 27.0. The molecule has 0 N–H and O–H groups in total. The van der Waals surface area contributed by atoms with E-state index in [9.17, 15) is 0 Å². The van der Waals surface area contributed by atoms with Crippen molar-refractivity contribution in [2.45, 2.75) is 50.4 Å². The van der Waals surface area contributed by atoms with E-state index in [0.29, 0.717) is 5.41 Å². The number of thiophene rings is 1. The average molecular weight is 998 g/mol. The summed E-state index contributed by atoms with van der Waals surface area (Å²) in [7, 11) is 0. The third-order valence-corrected chi connectivity index (χ3v) is 16.1. The number of furan rings is 1. The number of aliphatic imine (C=N–C) groups is 1. The van der Waals surface area contributed by atoms with Crippen LogP contribution in [0.15, 0.2) is 149 Å². The molecule has 3 aromatic heterocycles. The zero-order valence-electron chi connectivity index (χ0n) is 33.1. The minimum absolute atomic E-state index is 0. The number of benzene rings is 6. The fourth-order valence-electron chi connectivity index (χ4n) is 8.11. The molecule has 6 heteroatoms. The normalized spacial score (nSPS) is 14.0. The number of nitrogens with zero attached hydrogens (tertiary/aromatic N) is 2. The molecule has 10 rings (SSSR count). The van der Waals surface area contributed by atoms with Crippen molar-refractivity contribution in [2.75, 3.05) is 0 Å². The molecule has 1 atom stereocenters. The Morgan fingerprint density at radius 3 is 2.25 bits per heavy atom. The molecule has 0 saturated heterocycles. The van der Waals surface area contributed by atoms with Crippen LogP contribution in [0.5, 0.6) is 0 Å². The minimum atomic E-state index is -1.90. The van der Waals surface area contributed by atoms with Gasteiger partial charge in [0.25, 0.3) is 0 Å². The molecule has 0 saturated carbocycles. The summed E-state index contributed by atoms with van der Waals surface area (Å²) in [6, 6.07) is 53.5. The maximum atomic E-state index is 6.38. The van der Waals surface area contributed by atoms with Gasteiger partial charge in [0.1, 0.15) is 5.58 Å². The number of pyridine rings is 1. The number of hydrogen-bond acceptors (Lipinski definition) is 4. The van der Waals surface area contributed by atoms with E-state index in [1.54, 1.807) is 0 Å². The van der Waals surface area contributed by atoms with Crippen LogP contribution in [0.4, 0.5) is 5.69 Å². The number of aromatic nitrogens is 1. The largest absolute Gasteiger partial charge is 0.501 e. The van der Waals surface area contributed by atoms with Gasteiger partial charge in [0.2, 0.25) is 0 Å². The van der Waals surface area contributed by atoms with Crippen molar-refractivity contribution in [3.8, 4) is 11.3 Å². The molecule has 9 aromatic rings. The van der Waals surface area contributed by atoms with Gasteiger partial charge in [-0.2, -0.15) is 0 Å².